The number of ether oxygens (including phenoxy) is 1. The number of rotatable bonds is 4. The van der Waals surface area contributed by atoms with Crippen LogP contribution in [-0.2, 0) is 12.8 Å². The van der Waals surface area contributed by atoms with Crippen molar-refractivity contribution in [3.63, 3.8) is 0 Å². The molecule has 0 aliphatic heterocycles. The molecular formula is C18H19N3OS. The van der Waals surface area contributed by atoms with Gasteiger partial charge in [-0.15, -0.1) is 11.3 Å². The van der Waals surface area contributed by atoms with Crippen molar-refractivity contribution in [3.8, 4) is 23.1 Å². The van der Waals surface area contributed by atoms with Gasteiger partial charge in [0.05, 0.1) is 31.0 Å². The van der Waals surface area contributed by atoms with Gasteiger partial charge in [0, 0.05) is 16.1 Å². The summed E-state index contributed by atoms with van der Waals surface area (Å²) in [5, 5.41) is 9.27. The Kier molecular flexibility index (Phi) is 4.10. The van der Waals surface area contributed by atoms with Gasteiger partial charge < -0.3 is 4.74 Å². The molecule has 0 N–H and O–H groups in total. The number of fused-ring (bicyclic) bond motifs is 1. The van der Waals surface area contributed by atoms with E-state index in [2.05, 4.69) is 30.4 Å². The summed E-state index contributed by atoms with van der Waals surface area (Å²) in [7, 11) is 1.67. The Morgan fingerprint density at radius 1 is 1.30 bits per heavy atom. The Morgan fingerprint density at radius 2 is 2.09 bits per heavy atom. The van der Waals surface area contributed by atoms with Crippen molar-refractivity contribution in [1.82, 2.24) is 9.38 Å². The molecule has 0 spiro atoms. The fourth-order valence-corrected chi connectivity index (χ4v) is 4.11. The number of thiazole rings is 1. The van der Waals surface area contributed by atoms with Crippen molar-refractivity contribution in [1.29, 1.82) is 5.26 Å². The van der Waals surface area contributed by atoms with E-state index in [1.807, 2.05) is 19.1 Å². The van der Waals surface area contributed by atoms with E-state index >= 15 is 0 Å². The molecule has 118 valence electrons. The van der Waals surface area contributed by atoms with Gasteiger partial charge in [0.2, 0.25) is 0 Å². The summed E-state index contributed by atoms with van der Waals surface area (Å²) in [5.41, 5.74) is 5.23. The minimum absolute atomic E-state index is 0.352. The average molecular weight is 325 g/mol. The van der Waals surface area contributed by atoms with Crippen molar-refractivity contribution in [2.75, 3.05) is 7.11 Å². The van der Waals surface area contributed by atoms with Crippen molar-refractivity contribution < 1.29 is 4.74 Å². The van der Waals surface area contributed by atoms with Crippen LogP contribution in [0, 0.1) is 25.2 Å². The highest BCUT2D eigenvalue weighted by Crippen LogP contribution is 2.33. The summed E-state index contributed by atoms with van der Waals surface area (Å²) < 4.78 is 7.50. The third kappa shape index (κ3) is 2.49. The second kappa shape index (κ2) is 6.05. The quantitative estimate of drug-likeness (QED) is 0.718. The van der Waals surface area contributed by atoms with E-state index in [9.17, 15) is 5.26 Å². The molecule has 3 rings (SSSR count). The highest BCUT2D eigenvalue weighted by molar-refractivity contribution is 7.17. The zero-order valence-electron chi connectivity index (χ0n) is 13.8. The van der Waals surface area contributed by atoms with Gasteiger partial charge in [0.25, 0.3) is 0 Å². The average Bonchev–Trinajstić information content (AvgIpc) is 3.03. The standard InChI is InChI=1S/C18H19N3OS/c1-5-14-12(3)23-18-20-17(15(8-9-19)21(14)18)13-6-7-16(22-4)11(2)10-13/h6-7,10H,5,8H2,1-4H3. The second-order valence-corrected chi connectivity index (χ2v) is 6.68. The van der Waals surface area contributed by atoms with Gasteiger partial charge in [-0.1, -0.05) is 6.92 Å². The molecule has 0 bridgehead atoms. The molecule has 23 heavy (non-hydrogen) atoms. The first-order valence-electron chi connectivity index (χ1n) is 7.62. The third-order valence-electron chi connectivity index (χ3n) is 4.11. The van der Waals surface area contributed by atoms with Crippen LogP contribution >= 0.6 is 11.3 Å². The molecule has 0 unspecified atom stereocenters. The Morgan fingerprint density at radius 3 is 2.70 bits per heavy atom. The summed E-state index contributed by atoms with van der Waals surface area (Å²) in [6.07, 6.45) is 1.28. The predicted molar refractivity (Wildman–Crippen MR) is 93.2 cm³/mol. The van der Waals surface area contributed by atoms with E-state index in [1.54, 1.807) is 18.4 Å². The molecule has 0 amide bonds. The highest BCUT2D eigenvalue weighted by atomic mass is 32.1. The number of hydrogen-bond donors (Lipinski definition) is 0. The predicted octanol–water partition coefficient (Wildman–Crippen LogP) is 4.32. The largest absolute Gasteiger partial charge is 0.496 e. The fourth-order valence-electron chi connectivity index (χ4n) is 3.03. The summed E-state index contributed by atoms with van der Waals surface area (Å²) in [4.78, 5) is 7.05. The third-order valence-corrected chi connectivity index (χ3v) is 5.11. The van der Waals surface area contributed by atoms with Crippen LogP contribution < -0.4 is 4.74 Å². The van der Waals surface area contributed by atoms with Gasteiger partial charge in [-0.05, 0) is 44.0 Å². The number of methoxy groups -OCH3 is 1. The second-order valence-electron chi connectivity index (χ2n) is 5.50. The van der Waals surface area contributed by atoms with Crippen LogP contribution in [0.25, 0.3) is 16.2 Å². The fraction of sp³-hybridized carbons (Fsp3) is 0.333. The molecule has 1 aromatic carbocycles. The molecule has 3 aromatic rings. The topological polar surface area (TPSA) is 50.3 Å². The van der Waals surface area contributed by atoms with Gasteiger partial charge in [0.1, 0.15) is 5.75 Å². The molecule has 4 nitrogen and oxygen atoms in total. The molecule has 0 radical (unpaired) electrons. The number of nitriles is 1. The molecule has 0 saturated carbocycles. The Bertz CT molecular complexity index is 915. The minimum Gasteiger partial charge on any atom is -0.496 e. The molecule has 0 fully saturated rings. The van der Waals surface area contributed by atoms with Crippen molar-refractivity contribution >= 4 is 16.3 Å². The number of hydrogen-bond acceptors (Lipinski definition) is 4. The van der Waals surface area contributed by atoms with E-state index in [1.165, 1.54) is 10.6 Å². The Hall–Kier alpha value is -2.32. The number of aromatic nitrogens is 2. The van der Waals surface area contributed by atoms with Crippen LogP contribution in [0.15, 0.2) is 18.2 Å². The number of benzene rings is 1. The summed E-state index contributed by atoms with van der Waals surface area (Å²) in [6, 6.07) is 8.33. The number of aryl methyl sites for hydroxylation is 3. The normalized spacial score (nSPS) is 10.9. The first kappa shape index (κ1) is 15.6. The van der Waals surface area contributed by atoms with Crippen LogP contribution in [0.4, 0.5) is 0 Å². The van der Waals surface area contributed by atoms with E-state index in [-0.39, 0.29) is 0 Å². The molecule has 2 aromatic heterocycles. The molecule has 0 saturated heterocycles. The van der Waals surface area contributed by atoms with E-state index in [0.29, 0.717) is 6.42 Å². The van der Waals surface area contributed by atoms with Gasteiger partial charge >= 0.3 is 0 Å². The number of nitrogens with zero attached hydrogens (tertiary/aromatic N) is 3. The molecular weight excluding hydrogens is 306 g/mol. The zero-order chi connectivity index (χ0) is 16.6. The van der Waals surface area contributed by atoms with Gasteiger partial charge in [0.15, 0.2) is 4.96 Å². The van der Waals surface area contributed by atoms with E-state index < -0.39 is 0 Å². The lowest BCUT2D eigenvalue weighted by Crippen LogP contribution is -1.98. The van der Waals surface area contributed by atoms with E-state index in [0.717, 1.165) is 39.6 Å². The first-order chi connectivity index (χ1) is 11.1. The van der Waals surface area contributed by atoms with Gasteiger partial charge in [-0.25, -0.2) is 4.98 Å². The molecule has 0 aliphatic rings. The summed E-state index contributed by atoms with van der Waals surface area (Å²) in [5.74, 6) is 0.863. The highest BCUT2D eigenvalue weighted by Gasteiger charge is 2.19. The maximum atomic E-state index is 9.27. The summed E-state index contributed by atoms with van der Waals surface area (Å²) in [6.45, 7) is 6.28. The van der Waals surface area contributed by atoms with Crippen LogP contribution in [0.1, 0.15) is 28.8 Å². The lowest BCUT2D eigenvalue weighted by atomic mass is 10.1. The monoisotopic (exact) mass is 325 g/mol. The SMILES string of the molecule is CCc1c(C)sc2nc(-c3ccc(OC)c(C)c3)c(CC#N)n12. The lowest BCUT2D eigenvalue weighted by molar-refractivity contribution is 0.412. The van der Waals surface area contributed by atoms with E-state index in [4.69, 9.17) is 9.72 Å². The lowest BCUT2D eigenvalue weighted by Gasteiger charge is -2.08. The maximum absolute atomic E-state index is 9.27. The van der Waals surface area contributed by atoms with Crippen LogP contribution in [0.3, 0.4) is 0 Å². The Labute approximate surface area is 140 Å². The zero-order valence-corrected chi connectivity index (χ0v) is 14.6. The van der Waals surface area contributed by atoms with Gasteiger partial charge in [-0.2, -0.15) is 5.26 Å². The molecule has 2 heterocycles. The van der Waals surface area contributed by atoms with Crippen molar-refractivity contribution in [2.45, 2.75) is 33.6 Å². The molecule has 5 heteroatoms. The van der Waals surface area contributed by atoms with Gasteiger partial charge in [-0.3, -0.25) is 4.40 Å². The molecule has 0 atom stereocenters. The smallest absolute Gasteiger partial charge is 0.194 e. The van der Waals surface area contributed by atoms with Crippen molar-refractivity contribution in [3.05, 3.63) is 40.0 Å². The van der Waals surface area contributed by atoms with Crippen LogP contribution in [0.2, 0.25) is 0 Å². The first-order valence-corrected chi connectivity index (χ1v) is 8.43. The van der Waals surface area contributed by atoms with Crippen LogP contribution in [0.5, 0.6) is 5.75 Å². The van der Waals surface area contributed by atoms with Crippen LogP contribution in [-0.4, -0.2) is 16.5 Å². The molecule has 0 aliphatic carbocycles. The summed E-state index contributed by atoms with van der Waals surface area (Å²) >= 11 is 1.69. The Balaban J connectivity index is 2.25. The minimum atomic E-state index is 0.352. The van der Waals surface area contributed by atoms with Crippen molar-refractivity contribution in [2.24, 2.45) is 0 Å². The number of imidazole rings is 1. The maximum Gasteiger partial charge on any atom is 0.194 e.